The predicted octanol–water partition coefficient (Wildman–Crippen LogP) is 4.00. The molecule has 1 heterocycles. The van der Waals surface area contributed by atoms with Gasteiger partial charge in [-0.05, 0) is 23.8 Å². The Morgan fingerprint density at radius 1 is 1.53 bits per heavy atom. The summed E-state index contributed by atoms with van der Waals surface area (Å²) in [6.45, 7) is 11.6. The van der Waals surface area contributed by atoms with Crippen molar-refractivity contribution in [3.05, 3.63) is 34.5 Å². The summed E-state index contributed by atoms with van der Waals surface area (Å²) >= 11 is 1.83. The molecule has 15 heavy (non-hydrogen) atoms. The van der Waals surface area contributed by atoms with Crippen molar-refractivity contribution < 1.29 is 0 Å². The Morgan fingerprint density at radius 2 is 2.27 bits per heavy atom. The van der Waals surface area contributed by atoms with Crippen molar-refractivity contribution in [2.24, 2.45) is 5.92 Å². The molecule has 84 valence electrons. The van der Waals surface area contributed by atoms with Gasteiger partial charge in [-0.15, -0.1) is 11.3 Å². The maximum absolute atomic E-state index is 4.03. The van der Waals surface area contributed by atoms with E-state index < -0.39 is 0 Å². The number of rotatable bonds is 6. The fraction of sp³-hybridized carbons (Fsp3) is 0.538. The maximum Gasteiger partial charge on any atom is 0.0440 e. The van der Waals surface area contributed by atoms with Gasteiger partial charge in [-0.2, -0.15) is 0 Å². The molecule has 2 heteroatoms. The quantitative estimate of drug-likeness (QED) is 0.719. The van der Waals surface area contributed by atoms with E-state index >= 15 is 0 Å². The number of thiophene rings is 1. The molecule has 0 saturated heterocycles. The molecule has 1 unspecified atom stereocenters. The van der Waals surface area contributed by atoms with Crippen molar-refractivity contribution in [3.63, 3.8) is 0 Å². The Bertz CT molecular complexity index is 287. The van der Waals surface area contributed by atoms with Gasteiger partial charge in [-0.3, -0.25) is 0 Å². The fourth-order valence-corrected chi connectivity index (χ4v) is 2.49. The summed E-state index contributed by atoms with van der Waals surface area (Å²) in [6, 6.07) is 4.79. The van der Waals surface area contributed by atoms with Gasteiger partial charge in [0.25, 0.3) is 0 Å². The molecule has 1 rings (SSSR count). The number of hydrogen-bond acceptors (Lipinski definition) is 2. The third-order valence-corrected chi connectivity index (χ3v) is 3.54. The zero-order chi connectivity index (χ0) is 11.3. The smallest absolute Gasteiger partial charge is 0.0440 e. The van der Waals surface area contributed by atoms with Gasteiger partial charge in [0, 0.05) is 17.5 Å². The normalized spacial score (nSPS) is 13.1. The highest BCUT2D eigenvalue weighted by Crippen LogP contribution is 2.25. The largest absolute Gasteiger partial charge is 0.305 e. The monoisotopic (exact) mass is 223 g/mol. The van der Waals surface area contributed by atoms with Crippen LogP contribution in [0.25, 0.3) is 0 Å². The first-order valence-corrected chi connectivity index (χ1v) is 6.46. The first kappa shape index (κ1) is 12.5. The summed E-state index contributed by atoms with van der Waals surface area (Å²) in [4.78, 5) is 1.42. The SMILES string of the molecule is C=C(CC)CNC(c1cccs1)C(C)C. The Kier molecular flexibility index (Phi) is 5.06. The Labute approximate surface area is 97.2 Å². The second-order valence-corrected chi connectivity index (χ2v) is 5.20. The molecule has 0 saturated carbocycles. The highest BCUT2D eigenvalue weighted by atomic mass is 32.1. The van der Waals surface area contributed by atoms with Crippen LogP contribution in [0.2, 0.25) is 0 Å². The average molecular weight is 223 g/mol. The van der Waals surface area contributed by atoms with Crippen molar-refractivity contribution in [2.75, 3.05) is 6.54 Å². The minimum Gasteiger partial charge on any atom is -0.305 e. The van der Waals surface area contributed by atoms with Crippen LogP contribution >= 0.6 is 11.3 Å². The third kappa shape index (κ3) is 3.80. The van der Waals surface area contributed by atoms with Crippen LogP contribution in [0, 0.1) is 5.92 Å². The number of nitrogens with one attached hydrogen (secondary N) is 1. The first-order valence-electron chi connectivity index (χ1n) is 5.58. The summed E-state index contributed by atoms with van der Waals surface area (Å²) in [5.41, 5.74) is 1.28. The van der Waals surface area contributed by atoms with Crippen molar-refractivity contribution >= 4 is 11.3 Å². The van der Waals surface area contributed by atoms with E-state index in [0.717, 1.165) is 13.0 Å². The lowest BCUT2D eigenvalue weighted by molar-refractivity contribution is 0.430. The lowest BCUT2D eigenvalue weighted by Gasteiger charge is -2.21. The average Bonchev–Trinajstić information content (AvgIpc) is 2.70. The fourth-order valence-electron chi connectivity index (χ4n) is 1.51. The van der Waals surface area contributed by atoms with E-state index in [1.807, 2.05) is 11.3 Å². The van der Waals surface area contributed by atoms with Crippen LogP contribution in [0.5, 0.6) is 0 Å². The van der Waals surface area contributed by atoms with E-state index in [0.29, 0.717) is 12.0 Å². The minimum atomic E-state index is 0.466. The van der Waals surface area contributed by atoms with E-state index in [1.165, 1.54) is 10.5 Å². The predicted molar refractivity (Wildman–Crippen MR) is 69.3 cm³/mol. The van der Waals surface area contributed by atoms with Crippen LogP contribution < -0.4 is 5.32 Å². The van der Waals surface area contributed by atoms with Gasteiger partial charge in [0.15, 0.2) is 0 Å². The highest BCUT2D eigenvalue weighted by Gasteiger charge is 2.15. The van der Waals surface area contributed by atoms with Crippen LogP contribution in [0.15, 0.2) is 29.7 Å². The van der Waals surface area contributed by atoms with Gasteiger partial charge in [0.2, 0.25) is 0 Å². The molecular formula is C13H21NS. The minimum absolute atomic E-state index is 0.466. The second kappa shape index (κ2) is 6.09. The van der Waals surface area contributed by atoms with Crippen LogP contribution in [0.1, 0.15) is 38.1 Å². The van der Waals surface area contributed by atoms with Gasteiger partial charge >= 0.3 is 0 Å². The lowest BCUT2D eigenvalue weighted by atomic mass is 10.0. The van der Waals surface area contributed by atoms with Crippen LogP contribution in [0.4, 0.5) is 0 Å². The molecule has 0 radical (unpaired) electrons. The zero-order valence-electron chi connectivity index (χ0n) is 9.92. The summed E-state index contributed by atoms with van der Waals surface area (Å²) < 4.78 is 0. The molecule has 1 aromatic rings. The topological polar surface area (TPSA) is 12.0 Å². The standard InChI is InChI=1S/C13H21NS/c1-5-11(4)9-14-13(10(2)3)12-7-6-8-15-12/h6-8,10,13-14H,4-5,9H2,1-3H3. The van der Waals surface area contributed by atoms with Gasteiger partial charge in [0.1, 0.15) is 0 Å². The third-order valence-electron chi connectivity index (χ3n) is 2.59. The van der Waals surface area contributed by atoms with Gasteiger partial charge < -0.3 is 5.32 Å². The summed E-state index contributed by atoms with van der Waals surface area (Å²) in [7, 11) is 0. The molecule has 0 aliphatic rings. The van der Waals surface area contributed by atoms with Gasteiger partial charge in [0.05, 0.1) is 0 Å². The molecule has 0 aromatic carbocycles. The van der Waals surface area contributed by atoms with Crippen molar-refractivity contribution in [2.45, 2.75) is 33.2 Å². The Morgan fingerprint density at radius 3 is 2.73 bits per heavy atom. The Balaban J connectivity index is 2.56. The molecule has 1 aromatic heterocycles. The molecule has 1 N–H and O–H groups in total. The second-order valence-electron chi connectivity index (χ2n) is 4.22. The van der Waals surface area contributed by atoms with E-state index in [9.17, 15) is 0 Å². The highest BCUT2D eigenvalue weighted by molar-refractivity contribution is 7.10. The summed E-state index contributed by atoms with van der Waals surface area (Å²) in [5, 5.41) is 5.72. The van der Waals surface area contributed by atoms with E-state index in [-0.39, 0.29) is 0 Å². The molecule has 0 aliphatic heterocycles. The molecule has 0 bridgehead atoms. The summed E-state index contributed by atoms with van der Waals surface area (Å²) in [6.07, 6.45) is 1.06. The molecule has 0 aliphatic carbocycles. The van der Waals surface area contributed by atoms with E-state index in [4.69, 9.17) is 0 Å². The molecule has 1 atom stereocenters. The maximum atomic E-state index is 4.03. The van der Waals surface area contributed by atoms with Crippen LogP contribution in [-0.4, -0.2) is 6.54 Å². The van der Waals surface area contributed by atoms with Crippen molar-refractivity contribution in [1.82, 2.24) is 5.32 Å². The first-order chi connectivity index (χ1) is 7.15. The van der Waals surface area contributed by atoms with Crippen molar-refractivity contribution in [1.29, 1.82) is 0 Å². The van der Waals surface area contributed by atoms with E-state index in [1.54, 1.807) is 0 Å². The van der Waals surface area contributed by atoms with Gasteiger partial charge in [-0.1, -0.05) is 39.0 Å². The van der Waals surface area contributed by atoms with Gasteiger partial charge in [-0.25, -0.2) is 0 Å². The number of hydrogen-bond donors (Lipinski definition) is 1. The Hall–Kier alpha value is -0.600. The zero-order valence-corrected chi connectivity index (χ0v) is 10.7. The van der Waals surface area contributed by atoms with E-state index in [2.05, 4.69) is 50.2 Å². The molecular weight excluding hydrogens is 202 g/mol. The summed E-state index contributed by atoms with van der Waals surface area (Å²) in [5.74, 6) is 0.619. The molecule has 0 fully saturated rings. The molecule has 0 amide bonds. The van der Waals surface area contributed by atoms with Crippen LogP contribution in [0.3, 0.4) is 0 Å². The van der Waals surface area contributed by atoms with Crippen LogP contribution in [-0.2, 0) is 0 Å². The van der Waals surface area contributed by atoms with Crippen molar-refractivity contribution in [3.8, 4) is 0 Å². The molecule has 0 spiro atoms. The molecule has 1 nitrogen and oxygen atoms in total. The lowest BCUT2D eigenvalue weighted by Crippen LogP contribution is -2.26.